The van der Waals surface area contributed by atoms with Crippen molar-refractivity contribution >= 4 is 0 Å². The van der Waals surface area contributed by atoms with Crippen molar-refractivity contribution in [3.63, 3.8) is 0 Å². The first-order chi connectivity index (χ1) is 7.26. The summed E-state index contributed by atoms with van der Waals surface area (Å²) in [6.45, 7) is 6.38. The third-order valence-corrected chi connectivity index (χ3v) is 3.52. The third kappa shape index (κ3) is 4.72. The molecule has 0 spiro atoms. The predicted molar refractivity (Wildman–Crippen MR) is 65.8 cm³/mol. The molecular weight excluding hydrogens is 184 g/mol. The Hall–Kier alpha value is -0.460. The molecule has 0 aliphatic heterocycles. The summed E-state index contributed by atoms with van der Waals surface area (Å²) in [5.41, 5.74) is 0. The Kier molecular flexibility index (Phi) is 5.82. The van der Waals surface area contributed by atoms with Crippen molar-refractivity contribution in [3.8, 4) is 0 Å². The Labute approximate surface area is 94.9 Å². The van der Waals surface area contributed by atoms with Crippen molar-refractivity contribution in [2.75, 3.05) is 0 Å². The van der Waals surface area contributed by atoms with Crippen molar-refractivity contribution < 1.29 is 4.74 Å². The average molecular weight is 210 g/mol. The van der Waals surface area contributed by atoms with Gasteiger partial charge in [0.25, 0.3) is 0 Å². The van der Waals surface area contributed by atoms with Gasteiger partial charge in [0.05, 0.1) is 11.9 Å². The molecule has 0 bridgehead atoms. The van der Waals surface area contributed by atoms with E-state index in [9.17, 15) is 0 Å². The zero-order chi connectivity index (χ0) is 11.1. The molecule has 0 saturated heterocycles. The Morgan fingerprint density at radius 2 is 1.93 bits per heavy atom. The summed E-state index contributed by atoms with van der Waals surface area (Å²) in [5.74, 6) is 2.07. The normalized spacial score (nSPS) is 27.8. The molecule has 0 aromatic rings. The molecule has 0 N–H and O–H groups in total. The number of ether oxygens (including phenoxy) is 1. The van der Waals surface area contributed by atoms with Crippen molar-refractivity contribution in [3.05, 3.63) is 11.8 Å². The van der Waals surface area contributed by atoms with Gasteiger partial charge in [-0.25, -0.2) is 0 Å². The van der Waals surface area contributed by atoms with Gasteiger partial charge in [-0.05, 0) is 51.5 Å². The molecule has 1 rings (SSSR count). The fourth-order valence-electron chi connectivity index (χ4n) is 2.36. The lowest BCUT2D eigenvalue weighted by Crippen LogP contribution is -2.21. The smallest absolute Gasteiger partial charge is 0.0982 e. The maximum atomic E-state index is 5.85. The predicted octanol–water partition coefficient (Wildman–Crippen LogP) is 4.68. The average Bonchev–Trinajstić information content (AvgIpc) is 2.28. The van der Waals surface area contributed by atoms with E-state index >= 15 is 0 Å². The summed E-state index contributed by atoms with van der Waals surface area (Å²) >= 11 is 0. The van der Waals surface area contributed by atoms with Gasteiger partial charge in [0.2, 0.25) is 0 Å². The zero-order valence-corrected chi connectivity index (χ0v) is 10.6. The maximum absolute atomic E-state index is 5.85. The topological polar surface area (TPSA) is 9.23 Å². The number of hydrogen-bond donors (Lipinski definition) is 0. The van der Waals surface area contributed by atoms with Gasteiger partial charge in [-0.3, -0.25) is 0 Å². The summed E-state index contributed by atoms with van der Waals surface area (Å²) < 4.78 is 5.85. The van der Waals surface area contributed by atoms with E-state index in [0.717, 1.165) is 11.7 Å². The molecule has 0 atom stereocenters. The largest absolute Gasteiger partial charge is 0.495 e. The van der Waals surface area contributed by atoms with Gasteiger partial charge in [0.1, 0.15) is 0 Å². The summed E-state index contributed by atoms with van der Waals surface area (Å²) in [5, 5.41) is 0. The highest BCUT2D eigenvalue weighted by atomic mass is 16.5. The quantitative estimate of drug-likeness (QED) is 0.599. The van der Waals surface area contributed by atoms with Gasteiger partial charge < -0.3 is 4.74 Å². The van der Waals surface area contributed by atoms with Crippen LogP contribution in [0.1, 0.15) is 65.7 Å². The van der Waals surface area contributed by atoms with Crippen molar-refractivity contribution in [1.82, 2.24) is 0 Å². The minimum atomic E-state index is 0.499. The fraction of sp³-hybridized carbons (Fsp3) is 0.857. The van der Waals surface area contributed by atoms with E-state index in [1.807, 2.05) is 6.92 Å². The summed E-state index contributed by atoms with van der Waals surface area (Å²) in [6.07, 6.45) is 12.0. The van der Waals surface area contributed by atoms with Crippen LogP contribution in [0.25, 0.3) is 0 Å². The molecule has 1 aliphatic carbocycles. The monoisotopic (exact) mass is 210 g/mol. The summed E-state index contributed by atoms with van der Waals surface area (Å²) in [4.78, 5) is 0. The first-order valence-corrected chi connectivity index (χ1v) is 6.55. The first kappa shape index (κ1) is 12.6. The lowest BCUT2D eigenvalue weighted by Gasteiger charge is -2.29. The van der Waals surface area contributed by atoms with Crippen LogP contribution in [0.4, 0.5) is 0 Å². The van der Waals surface area contributed by atoms with Crippen LogP contribution in [0.3, 0.4) is 0 Å². The molecule has 15 heavy (non-hydrogen) atoms. The fourth-order valence-corrected chi connectivity index (χ4v) is 2.36. The van der Waals surface area contributed by atoms with E-state index in [-0.39, 0.29) is 0 Å². The van der Waals surface area contributed by atoms with Gasteiger partial charge in [0, 0.05) is 0 Å². The molecule has 1 fully saturated rings. The highest BCUT2D eigenvalue weighted by Crippen LogP contribution is 2.30. The molecule has 0 aromatic carbocycles. The van der Waals surface area contributed by atoms with Crippen LogP contribution in [0.15, 0.2) is 11.8 Å². The van der Waals surface area contributed by atoms with Crippen LogP contribution in [0.5, 0.6) is 0 Å². The highest BCUT2D eigenvalue weighted by molar-refractivity contribution is 4.87. The van der Waals surface area contributed by atoms with Gasteiger partial charge in [0.15, 0.2) is 0 Å². The second kappa shape index (κ2) is 6.92. The van der Waals surface area contributed by atoms with Gasteiger partial charge in [-0.2, -0.15) is 0 Å². The Morgan fingerprint density at radius 3 is 2.47 bits per heavy atom. The lowest BCUT2D eigenvalue weighted by molar-refractivity contribution is 0.0664. The Bertz CT molecular complexity index is 188. The standard InChI is InChI=1S/C14H26O/c1-4-6-7-13-8-10-14(11-9-13)15-12(3)5-2/h5,13-14H,4,6-11H2,1-3H3. The molecule has 0 radical (unpaired) electrons. The van der Waals surface area contributed by atoms with Crippen LogP contribution < -0.4 is 0 Å². The second-order valence-corrected chi connectivity index (χ2v) is 4.80. The molecule has 1 nitrogen and oxygen atoms in total. The molecule has 0 aromatic heterocycles. The summed E-state index contributed by atoms with van der Waals surface area (Å²) in [6, 6.07) is 0. The first-order valence-electron chi connectivity index (χ1n) is 6.55. The number of unbranched alkanes of at least 4 members (excludes halogenated alkanes) is 1. The maximum Gasteiger partial charge on any atom is 0.0982 e. The molecule has 88 valence electrons. The lowest BCUT2D eigenvalue weighted by atomic mass is 9.84. The van der Waals surface area contributed by atoms with Crippen LogP contribution >= 0.6 is 0 Å². The van der Waals surface area contributed by atoms with Crippen LogP contribution in [0, 0.1) is 5.92 Å². The van der Waals surface area contributed by atoms with Crippen molar-refractivity contribution in [2.24, 2.45) is 5.92 Å². The van der Waals surface area contributed by atoms with Crippen LogP contribution in [-0.4, -0.2) is 6.10 Å². The number of allylic oxidation sites excluding steroid dienone is 2. The SMILES string of the molecule is CC=C(C)OC1CCC(CCCC)CC1. The van der Waals surface area contributed by atoms with Crippen molar-refractivity contribution in [1.29, 1.82) is 0 Å². The minimum Gasteiger partial charge on any atom is -0.495 e. The molecule has 1 aliphatic rings. The Morgan fingerprint density at radius 1 is 1.27 bits per heavy atom. The molecule has 0 amide bonds. The van der Waals surface area contributed by atoms with E-state index in [1.54, 1.807) is 0 Å². The van der Waals surface area contributed by atoms with E-state index in [1.165, 1.54) is 44.9 Å². The van der Waals surface area contributed by atoms with Crippen LogP contribution in [0.2, 0.25) is 0 Å². The third-order valence-electron chi connectivity index (χ3n) is 3.52. The number of rotatable bonds is 5. The molecule has 0 unspecified atom stereocenters. The summed E-state index contributed by atoms with van der Waals surface area (Å²) in [7, 11) is 0. The van der Waals surface area contributed by atoms with Gasteiger partial charge >= 0.3 is 0 Å². The minimum absolute atomic E-state index is 0.499. The second-order valence-electron chi connectivity index (χ2n) is 4.80. The molecule has 1 saturated carbocycles. The Balaban J connectivity index is 2.18. The van der Waals surface area contributed by atoms with Crippen LogP contribution in [-0.2, 0) is 4.74 Å². The van der Waals surface area contributed by atoms with Crippen molar-refractivity contribution in [2.45, 2.75) is 71.8 Å². The zero-order valence-electron chi connectivity index (χ0n) is 10.6. The van der Waals surface area contributed by atoms with E-state index in [0.29, 0.717) is 6.10 Å². The molecule has 1 heteroatoms. The molecular formula is C14H26O. The van der Waals surface area contributed by atoms with E-state index < -0.39 is 0 Å². The van der Waals surface area contributed by atoms with Gasteiger partial charge in [-0.15, -0.1) is 0 Å². The van der Waals surface area contributed by atoms with E-state index in [4.69, 9.17) is 4.74 Å². The molecule has 0 heterocycles. The van der Waals surface area contributed by atoms with Gasteiger partial charge in [-0.1, -0.05) is 26.2 Å². The highest BCUT2D eigenvalue weighted by Gasteiger charge is 2.21. The van der Waals surface area contributed by atoms with E-state index in [2.05, 4.69) is 19.9 Å². The number of hydrogen-bond acceptors (Lipinski definition) is 1.